The molecule has 0 aliphatic rings. The van der Waals surface area contributed by atoms with Crippen LogP contribution in [0.15, 0.2) is 53.9 Å². The van der Waals surface area contributed by atoms with Gasteiger partial charge in [-0.3, -0.25) is 9.48 Å². The SMILES string of the molecule is Cc1nc(-c2cccc(NC(=O)c3c(C)nn(Cc4ccccc4Cl)c3C)c2)cs1. The smallest absolute Gasteiger partial charge is 0.259 e. The second kappa shape index (κ2) is 8.42. The van der Waals surface area contributed by atoms with Crippen molar-refractivity contribution in [3.63, 3.8) is 0 Å². The lowest BCUT2D eigenvalue weighted by Crippen LogP contribution is -2.14. The van der Waals surface area contributed by atoms with Crippen molar-refractivity contribution in [2.24, 2.45) is 0 Å². The van der Waals surface area contributed by atoms with Crippen LogP contribution in [0.2, 0.25) is 5.02 Å². The Bertz CT molecular complexity index is 1230. The van der Waals surface area contributed by atoms with Crippen molar-refractivity contribution >= 4 is 34.5 Å². The van der Waals surface area contributed by atoms with Crippen LogP contribution in [0.25, 0.3) is 11.3 Å². The highest BCUT2D eigenvalue weighted by atomic mass is 35.5. The van der Waals surface area contributed by atoms with Crippen LogP contribution in [-0.2, 0) is 6.54 Å². The third kappa shape index (κ3) is 4.15. The fourth-order valence-electron chi connectivity index (χ4n) is 3.41. The zero-order valence-electron chi connectivity index (χ0n) is 16.9. The number of anilines is 1. The first-order valence-electron chi connectivity index (χ1n) is 9.53. The molecule has 1 N–H and O–H groups in total. The van der Waals surface area contributed by atoms with E-state index in [4.69, 9.17) is 11.6 Å². The van der Waals surface area contributed by atoms with Gasteiger partial charge in [-0.25, -0.2) is 4.98 Å². The molecule has 0 saturated carbocycles. The van der Waals surface area contributed by atoms with Gasteiger partial charge in [-0.1, -0.05) is 41.9 Å². The van der Waals surface area contributed by atoms with Gasteiger partial charge in [0.25, 0.3) is 5.91 Å². The third-order valence-corrected chi connectivity index (χ3v) is 6.06. The Morgan fingerprint density at radius 2 is 1.93 bits per heavy atom. The van der Waals surface area contributed by atoms with Crippen LogP contribution in [0.4, 0.5) is 5.69 Å². The topological polar surface area (TPSA) is 59.8 Å². The van der Waals surface area contributed by atoms with Gasteiger partial charge >= 0.3 is 0 Å². The molecule has 0 atom stereocenters. The van der Waals surface area contributed by atoms with E-state index in [0.717, 1.165) is 33.2 Å². The Hall–Kier alpha value is -2.96. The summed E-state index contributed by atoms with van der Waals surface area (Å²) in [5.74, 6) is -0.179. The minimum absolute atomic E-state index is 0.179. The summed E-state index contributed by atoms with van der Waals surface area (Å²) in [7, 11) is 0. The highest BCUT2D eigenvalue weighted by molar-refractivity contribution is 7.09. The molecule has 4 aromatic rings. The molecule has 2 aromatic carbocycles. The third-order valence-electron chi connectivity index (χ3n) is 4.92. The minimum atomic E-state index is -0.179. The lowest BCUT2D eigenvalue weighted by molar-refractivity contribution is 0.102. The highest BCUT2D eigenvalue weighted by Crippen LogP contribution is 2.25. The van der Waals surface area contributed by atoms with Crippen molar-refractivity contribution in [3.8, 4) is 11.3 Å². The molecule has 0 radical (unpaired) electrons. The Labute approximate surface area is 184 Å². The molecule has 0 aliphatic carbocycles. The monoisotopic (exact) mass is 436 g/mol. The van der Waals surface area contributed by atoms with Gasteiger partial charge in [0.15, 0.2) is 0 Å². The first-order chi connectivity index (χ1) is 14.4. The van der Waals surface area contributed by atoms with Gasteiger partial charge in [0.05, 0.1) is 28.5 Å². The van der Waals surface area contributed by atoms with Gasteiger partial charge < -0.3 is 5.32 Å². The number of aromatic nitrogens is 3. The van der Waals surface area contributed by atoms with E-state index in [1.807, 2.05) is 79.4 Å². The molecule has 0 bridgehead atoms. The van der Waals surface area contributed by atoms with Gasteiger partial charge in [-0.05, 0) is 44.5 Å². The number of hydrogen-bond acceptors (Lipinski definition) is 4. The van der Waals surface area contributed by atoms with Crippen LogP contribution < -0.4 is 5.32 Å². The average Bonchev–Trinajstić information content (AvgIpc) is 3.27. The van der Waals surface area contributed by atoms with E-state index < -0.39 is 0 Å². The summed E-state index contributed by atoms with van der Waals surface area (Å²) in [5, 5.41) is 11.3. The van der Waals surface area contributed by atoms with Gasteiger partial charge in [-0.15, -0.1) is 11.3 Å². The molecule has 2 aromatic heterocycles. The summed E-state index contributed by atoms with van der Waals surface area (Å²) in [6.07, 6.45) is 0. The quantitative estimate of drug-likeness (QED) is 0.424. The number of thiazole rings is 1. The zero-order valence-corrected chi connectivity index (χ0v) is 18.5. The van der Waals surface area contributed by atoms with Gasteiger partial charge in [0.1, 0.15) is 0 Å². The van der Waals surface area contributed by atoms with Crippen molar-refractivity contribution in [1.82, 2.24) is 14.8 Å². The summed E-state index contributed by atoms with van der Waals surface area (Å²) in [4.78, 5) is 17.6. The van der Waals surface area contributed by atoms with Crippen LogP contribution in [-0.4, -0.2) is 20.7 Å². The van der Waals surface area contributed by atoms with Crippen LogP contribution in [0.3, 0.4) is 0 Å². The van der Waals surface area contributed by atoms with Gasteiger partial charge in [0, 0.05) is 27.3 Å². The van der Waals surface area contributed by atoms with Crippen molar-refractivity contribution in [2.75, 3.05) is 5.32 Å². The van der Waals surface area contributed by atoms with Crippen LogP contribution in [0.5, 0.6) is 0 Å². The number of halogens is 1. The van der Waals surface area contributed by atoms with Gasteiger partial charge in [-0.2, -0.15) is 5.10 Å². The molecule has 0 spiro atoms. The predicted octanol–water partition coefficient (Wildman–Crippen LogP) is 5.89. The van der Waals surface area contributed by atoms with E-state index in [1.54, 1.807) is 11.3 Å². The summed E-state index contributed by atoms with van der Waals surface area (Å²) >= 11 is 7.89. The number of benzene rings is 2. The number of carbonyl (C=O) groups excluding carboxylic acids is 1. The Balaban J connectivity index is 1.57. The van der Waals surface area contributed by atoms with Crippen LogP contribution in [0.1, 0.15) is 32.3 Å². The van der Waals surface area contributed by atoms with E-state index in [2.05, 4.69) is 15.4 Å². The molecular formula is C23H21ClN4OS. The molecule has 4 rings (SSSR count). The Kier molecular flexibility index (Phi) is 5.70. The first-order valence-corrected chi connectivity index (χ1v) is 10.8. The molecule has 0 fully saturated rings. The molecular weight excluding hydrogens is 416 g/mol. The molecule has 1 amide bonds. The first kappa shape index (κ1) is 20.3. The molecule has 5 nitrogen and oxygen atoms in total. The van der Waals surface area contributed by atoms with E-state index in [9.17, 15) is 4.79 Å². The molecule has 0 aliphatic heterocycles. The van der Waals surface area contributed by atoms with E-state index in [1.165, 1.54) is 0 Å². The second-order valence-electron chi connectivity index (χ2n) is 7.08. The summed E-state index contributed by atoms with van der Waals surface area (Å²) in [6.45, 7) is 6.24. The lowest BCUT2D eigenvalue weighted by Gasteiger charge is -2.09. The number of nitrogens with zero attached hydrogens (tertiary/aromatic N) is 3. The van der Waals surface area contributed by atoms with Crippen LogP contribution in [0, 0.1) is 20.8 Å². The highest BCUT2D eigenvalue weighted by Gasteiger charge is 2.19. The minimum Gasteiger partial charge on any atom is -0.322 e. The van der Waals surface area contributed by atoms with Crippen molar-refractivity contribution < 1.29 is 4.79 Å². The van der Waals surface area contributed by atoms with E-state index in [-0.39, 0.29) is 5.91 Å². The predicted molar refractivity (Wildman–Crippen MR) is 122 cm³/mol. The van der Waals surface area contributed by atoms with Crippen molar-refractivity contribution in [1.29, 1.82) is 0 Å². The zero-order chi connectivity index (χ0) is 21.3. The summed E-state index contributed by atoms with van der Waals surface area (Å²) in [6, 6.07) is 15.4. The van der Waals surface area contributed by atoms with Crippen LogP contribution >= 0.6 is 22.9 Å². The standard InChI is InChI=1S/C23H21ClN4OS/c1-14-22(15(2)28(27-14)12-18-7-4-5-10-20(18)24)23(29)26-19-9-6-8-17(11-19)21-13-30-16(3)25-21/h4-11,13H,12H2,1-3H3,(H,26,29). The van der Waals surface area contributed by atoms with E-state index >= 15 is 0 Å². The normalized spacial score (nSPS) is 10.9. The number of hydrogen-bond donors (Lipinski definition) is 1. The Morgan fingerprint density at radius 3 is 2.67 bits per heavy atom. The maximum Gasteiger partial charge on any atom is 0.259 e. The summed E-state index contributed by atoms with van der Waals surface area (Å²) in [5.41, 5.74) is 5.63. The van der Waals surface area contributed by atoms with Crippen molar-refractivity contribution in [3.05, 3.63) is 86.5 Å². The summed E-state index contributed by atoms with van der Waals surface area (Å²) < 4.78 is 1.82. The number of carbonyl (C=O) groups is 1. The number of rotatable bonds is 5. The number of amides is 1. The molecule has 0 unspecified atom stereocenters. The second-order valence-corrected chi connectivity index (χ2v) is 8.55. The molecule has 30 heavy (non-hydrogen) atoms. The molecule has 7 heteroatoms. The largest absolute Gasteiger partial charge is 0.322 e. The van der Waals surface area contributed by atoms with Gasteiger partial charge in [0.2, 0.25) is 0 Å². The number of aryl methyl sites for hydroxylation is 2. The maximum atomic E-state index is 13.0. The number of nitrogens with one attached hydrogen (secondary N) is 1. The maximum absolute atomic E-state index is 13.0. The molecule has 0 saturated heterocycles. The fourth-order valence-corrected chi connectivity index (χ4v) is 4.23. The average molecular weight is 437 g/mol. The Morgan fingerprint density at radius 1 is 1.13 bits per heavy atom. The van der Waals surface area contributed by atoms with Crippen molar-refractivity contribution in [2.45, 2.75) is 27.3 Å². The van der Waals surface area contributed by atoms with E-state index in [0.29, 0.717) is 22.8 Å². The lowest BCUT2D eigenvalue weighted by atomic mass is 10.1. The molecule has 152 valence electrons. The molecule has 2 heterocycles. The fraction of sp³-hybridized carbons (Fsp3) is 0.174.